The lowest BCUT2D eigenvalue weighted by molar-refractivity contribution is -0.141. The van der Waals surface area contributed by atoms with E-state index >= 15 is 4.39 Å². The van der Waals surface area contributed by atoms with Crippen molar-refractivity contribution < 1.29 is 23.5 Å². The minimum absolute atomic E-state index is 0.237. The van der Waals surface area contributed by atoms with Gasteiger partial charge in [0.1, 0.15) is 11.5 Å². The highest BCUT2D eigenvalue weighted by molar-refractivity contribution is 14.1. The number of fused-ring (bicyclic) bond motifs is 1. The first-order valence-electron chi connectivity index (χ1n) is 9.83. The number of carbonyl (C=O) groups excluding carboxylic acids is 2. The van der Waals surface area contributed by atoms with Gasteiger partial charge in [-0.05, 0) is 37.5 Å². The lowest BCUT2D eigenvalue weighted by atomic mass is 9.98. The van der Waals surface area contributed by atoms with E-state index in [1.807, 2.05) is 14.0 Å². The molecule has 2 heterocycles. The molecule has 0 atom stereocenters. The summed E-state index contributed by atoms with van der Waals surface area (Å²) in [6, 6.07) is 3.12. The molecule has 1 aromatic carbocycles. The van der Waals surface area contributed by atoms with Crippen molar-refractivity contribution in [3.05, 3.63) is 40.6 Å². The van der Waals surface area contributed by atoms with Crippen molar-refractivity contribution in [2.45, 2.75) is 31.1 Å². The molecule has 0 bridgehead atoms. The zero-order valence-corrected chi connectivity index (χ0v) is 20.4. The number of methoxy groups -OCH3 is 1. The lowest BCUT2D eigenvalue weighted by Crippen LogP contribution is -2.11. The number of rotatable bonds is 7. The van der Waals surface area contributed by atoms with E-state index in [1.54, 1.807) is 22.4 Å². The van der Waals surface area contributed by atoms with Crippen LogP contribution in [0.2, 0.25) is 0 Å². The summed E-state index contributed by atoms with van der Waals surface area (Å²) in [6.45, 7) is 3.45. The molecule has 0 saturated carbocycles. The van der Waals surface area contributed by atoms with Gasteiger partial charge in [0, 0.05) is 42.0 Å². The fraction of sp³-hybridized carbons (Fsp3) is 0.409. The van der Waals surface area contributed by atoms with Gasteiger partial charge in [0.25, 0.3) is 0 Å². The Kier molecular flexibility index (Phi) is 7.03. The zero-order chi connectivity index (χ0) is 22.9. The van der Waals surface area contributed by atoms with E-state index in [0.29, 0.717) is 34.0 Å². The molecule has 0 aliphatic rings. The third-order valence-corrected chi connectivity index (χ3v) is 6.10. The highest BCUT2D eigenvalue weighted by Gasteiger charge is 2.27. The third-order valence-electron chi connectivity index (χ3n) is 5.38. The Hall–Kier alpha value is -2.43. The Morgan fingerprint density at radius 2 is 1.94 bits per heavy atom. The standard InChI is InChI=1S/C22H25FIN3O4/c1-12-18(17(11-24)27(4)25-12)19-16(23)9-8-15-14(7-6-10-31-13(2)28)21(22(29)30-5)26(3)20(15)19/h8-9H,6-7,10-11H2,1-5H3. The van der Waals surface area contributed by atoms with Crippen molar-refractivity contribution in [2.24, 2.45) is 14.1 Å². The number of aromatic nitrogens is 3. The molecule has 2 aromatic heterocycles. The summed E-state index contributed by atoms with van der Waals surface area (Å²) < 4.78 is 29.5. The van der Waals surface area contributed by atoms with E-state index in [9.17, 15) is 9.59 Å². The van der Waals surface area contributed by atoms with Gasteiger partial charge in [-0.3, -0.25) is 9.48 Å². The second-order valence-corrected chi connectivity index (χ2v) is 8.07. The van der Waals surface area contributed by atoms with E-state index in [4.69, 9.17) is 9.47 Å². The molecule has 0 spiro atoms. The summed E-state index contributed by atoms with van der Waals surface area (Å²) in [5.74, 6) is -1.23. The topological polar surface area (TPSA) is 75.4 Å². The molecule has 0 fully saturated rings. The van der Waals surface area contributed by atoms with Crippen LogP contribution in [0.5, 0.6) is 0 Å². The molecule has 0 aliphatic carbocycles. The summed E-state index contributed by atoms with van der Waals surface area (Å²) in [5, 5.41) is 5.26. The summed E-state index contributed by atoms with van der Waals surface area (Å²) >= 11 is 2.24. The van der Waals surface area contributed by atoms with Crippen LogP contribution in [0.25, 0.3) is 22.0 Å². The number of hydrogen-bond donors (Lipinski definition) is 0. The van der Waals surface area contributed by atoms with Crippen LogP contribution in [0.3, 0.4) is 0 Å². The molecule has 0 saturated heterocycles. The van der Waals surface area contributed by atoms with Crippen LogP contribution >= 0.6 is 22.6 Å². The van der Waals surface area contributed by atoms with Gasteiger partial charge in [-0.15, -0.1) is 0 Å². The van der Waals surface area contributed by atoms with Gasteiger partial charge in [-0.1, -0.05) is 22.6 Å². The van der Waals surface area contributed by atoms with E-state index < -0.39 is 5.97 Å². The Morgan fingerprint density at radius 3 is 2.55 bits per heavy atom. The summed E-state index contributed by atoms with van der Waals surface area (Å²) in [5.41, 5.74) is 4.52. The quantitative estimate of drug-likeness (QED) is 0.194. The molecule has 0 aliphatic heterocycles. The smallest absolute Gasteiger partial charge is 0.354 e. The zero-order valence-electron chi connectivity index (χ0n) is 18.2. The molecule has 0 amide bonds. The number of esters is 2. The molecule has 0 N–H and O–H groups in total. The van der Waals surface area contributed by atoms with Crippen molar-refractivity contribution in [2.75, 3.05) is 13.7 Å². The number of nitrogens with zero attached hydrogens (tertiary/aromatic N) is 3. The molecule has 0 radical (unpaired) electrons. The Bertz CT molecular complexity index is 1170. The summed E-state index contributed by atoms with van der Waals surface area (Å²) in [7, 11) is 4.90. The maximum Gasteiger partial charge on any atom is 0.354 e. The molecule has 3 aromatic rings. The van der Waals surface area contributed by atoms with Crippen LogP contribution in [-0.4, -0.2) is 40.0 Å². The summed E-state index contributed by atoms with van der Waals surface area (Å²) in [6.07, 6.45) is 1.01. The first-order valence-corrected chi connectivity index (χ1v) is 11.4. The fourth-order valence-corrected chi connectivity index (χ4v) is 4.97. The Morgan fingerprint density at radius 1 is 1.23 bits per heavy atom. The molecular formula is C22H25FIN3O4. The van der Waals surface area contributed by atoms with Crippen LogP contribution in [-0.2, 0) is 39.2 Å². The number of alkyl halides is 1. The highest BCUT2D eigenvalue weighted by atomic mass is 127. The monoisotopic (exact) mass is 541 g/mol. The highest BCUT2D eigenvalue weighted by Crippen LogP contribution is 2.39. The van der Waals surface area contributed by atoms with E-state index in [0.717, 1.165) is 27.9 Å². The second kappa shape index (κ2) is 9.37. The van der Waals surface area contributed by atoms with Gasteiger partial charge in [-0.25, -0.2) is 9.18 Å². The number of hydrogen-bond acceptors (Lipinski definition) is 5. The SMILES string of the molecule is COC(=O)c1c(CCCOC(C)=O)c2ccc(F)c(-c3c(C)nn(C)c3CI)c2n1C. The largest absolute Gasteiger partial charge is 0.466 e. The molecule has 31 heavy (non-hydrogen) atoms. The van der Waals surface area contributed by atoms with E-state index in [1.165, 1.54) is 20.1 Å². The van der Waals surface area contributed by atoms with Crippen molar-refractivity contribution in [1.29, 1.82) is 0 Å². The first kappa shape index (κ1) is 23.2. The van der Waals surface area contributed by atoms with Crippen molar-refractivity contribution in [3.63, 3.8) is 0 Å². The Labute approximate surface area is 193 Å². The maximum absolute atomic E-state index is 15.3. The Balaban J connectivity index is 2.28. The average molecular weight is 541 g/mol. The minimum atomic E-state index is -0.496. The van der Waals surface area contributed by atoms with E-state index in [2.05, 4.69) is 27.7 Å². The maximum atomic E-state index is 15.3. The molecule has 3 rings (SSSR count). The van der Waals surface area contributed by atoms with Crippen LogP contribution in [0.15, 0.2) is 12.1 Å². The minimum Gasteiger partial charge on any atom is -0.466 e. The van der Waals surface area contributed by atoms with E-state index in [-0.39, 0.29) is 18.4 Å². The predicted octanol–water partition coefficient (Wildman–Crippen LogP) is 4.24. The second-order valence-electron chi connectivity index (χ2n) is 7.30. The van der Waals surface area contributed by atoms with Gasteiger partial charge >= 0.3 is 11.9 Å². The van der Waals surface area contributed by atoms with Crippen LogP contribution in [0.1, 0.15) is 40.8 Å². The van der Waals surface area contributed by atoms with Gasteiger partial charge in [0.05, 0.1) is 30.6 Å². The summed E-state index contributed by atoms with van der Waals surface area (Å²) in [4.78, 5) is 23.7. The van der Waals surface area contributed by atoms with Crippen LogP contribution < -0.4 is 0 Å². The lowest BCUT2D eigenvalue weighted by Gasteiger charge is -2.10. The normalized spacial score (nSPS) is 11.2. The number of halogens is 2. The van der Waals surface area contributed by atoms with Gasteiger partial charge in [0.15, 0.2) is 0 Å². The van der Waals surface area contributed by atoms with Gasteiger partial charge < -0.3 is 14.0 Å². The predicted molar refractivity (Wildman–Crippen MR) is 124 cm³/mol. The third kappa shape index (κ3) is 4.19. The van der Waals surface area contributed by atoms with Gasteiger partial charge in [-0.2, -0.15) is 5.10 Å². The average Bonchev–Trinajstić information content (AvgIpc) is 3.17. The molecule has 9 heteroatoms. The van der Waals surface area contributed by atoms with Crippen molar-refractivity contribution >= 4 is 45.4 Å². The number of aryl methyl sites for hydroxylation is 4. The molecule has 0 unspecified atom stereocenters. The van der Waals surface area contributed by atoms with Crippen LogP contribution in [0.4, 0.5) is 4.39 Å². The molecule has 166 valence electrons. The van der Waals surface area contributed by atoms with Gasteiger partial charge in [0.2, 0.25) is 0 Å². The fourth-order valence-electron chi connectivity index (χ4n) is 4.10. The van der Waals surface area contributed by atoms with Crippen LogP contribution in [0, 0.1) is 12.7 Å². The number of carbonyl (C=O) groups is 2. The number of ether oxygens (including phenoxy) is 2. The molecular weight excluding hydrogens is 516 g/mol. The van der Waals surface area contributed by atoms with Crippen molar-refractivity contribution in [3.8, 4) is 11.1 Å². The van der Waals surface area contributed by atoms with Crippen molar-refractivity contribution in [1.82, 2.24) is 14.3 Å². The first-order chi connectivity index (χ1) is 14.7. The molecule has 7 nitrogen and oxygen atoms in total. The number of benzene rings is 1.